The molecule has 0 spiro atoms. The summed E-state index contributed by atoms with van der Waals surface area (Å²) in [6.07, 6.45) is 5.93. The zero-order chi connectivity index (χ0) is 14.7. The van der Waals surface area contributed by atoms with Crippen molar-refractivity contribution in [2.45, 2.75) is 31.7 Å². The number of aryl methyl sites for hydroxylation is 2. The molecule has 112 valence electrons. The van der Waals surface area contributed by atoms with Crippen LogP contribution >= 0.6 is 0 Å². The van der Waals surface area contributed by atoms with Gasteiger partial charge in [-0.2, -0.15) is 0 Å². The van der Waals surface area contributed by atoms with Crippen molar-refractivity contribution in [3.63, 3.8) is 0 Å². The molecule has 0 bridgehead atoms. The predicted molar refractivity (Wildman–Crippen MR) is 83.7 cm³/mol. The van der Waals surface area contributed by atoms with Crippen LogP contribution in [-0.2, 0) is 13.5 Å². The van der Waals surface area contributed by atoms with Gasteiger partial charge in [0.05, 0.1) is 6.61 Å². The highest BCUT2D eigenvalue weighted by Gasteiger charge is 2.30. The molecular weight excluding hydrogens is 262 g/mol. The van der Waals surface area contributed by atoms with Crippen molar-refractivity contribution in [3.8, 4) is 5.75 Å². The summed E-state index contributed by atoms with van der Waals surface area (Å²) in [5.74, 6) is 2.62. The van der Waals surface area contributed by atoms with Crippen molar-refractivity contribution in [2.24, 2.45) is 7.05 Å². The molecule has 0 amide bonds. The Labute approximate surface area is 126 Å². The van der Waals surface area contributed by atoms with Crippen molar-refractivity contribution in [3.05, 3.63) is 48.0 Å². The number of hydrogen-bond acceptors (Lipinski definition) is 3. The Balaban J connectivity index is 1.72. The van der Waals surface area contributed by atoms with Crippen LogP contribution in [0, 0.1) is 0 Å². The Morgan fingerprint density at radius 1 is 1.43 bits per heavy atom. The molecular formula is C17H23N3O. The van der Waals surface area contributed by atoms with E-state index in [-0.39, 0.29) is 0 Å². The maximum Gasteiger partial charge on any atom is 0.122 e. The minimum absolute atomic E-state index is 0.426. The van der Waals surface area contributed by atoms with Gasteiger partial charge in [-0.05, 0) is 19.0 Å². The number of rotatable bonds is 6. The Hall–Kier alpha value is -1.81. The van der Waals surface area contributed by atoms with E-state index in [1.54, 1.807) is 0 Å². The van der Waals surface area contributed by atoms with Gasteiger partial charge in [0.2, 0.25) is 0 Å². The van der Waals surface area contributed by atoms with E-state index in [9.17, 15) is 0 Å². The SMILES string of the molecule is CCNC(CCc1nccn1C)C1COc2ccccc21. The Morgan fingerprint density at radius 3 is 3.05 bits per heavy atom. The Kier molecular flexibility index (Phi) is 4.25. The lowest BCUT2D eigenvalue weighted by atomic mass is 9.90. The normalized spacial score (nSPS) is 18.3. The average Bonchev–Trinajstić information content (AvgIpc) is 3.10. The number of hydrogen-bond donors (Lipinski definition) is 1. The van der Waals surface area contributed by atoms with Crippen molar-refractivity contribution in [1.29, 1.82) is 0 Å². The molecule has 0 aliphatic carbocycles. The third-order valence-electron chi connectivity index (χ3n) is 4.29. The second-order valence-electron chi connectivity index (χ2n) is 5.61. The summed E-state index contributed by atoms with van der Waals surface area (Å²) in [6, 6.07) is 8.82. The molecule has 1 aliphatic rings. The second kappa shape index (κ2) is 6.31. The number of benzene rings is 1. The average molecular weight is 285 g/mol. The number of ether oxygens (including phenoxy) is 1. The largest absolute Gasteiger partial charge is 0.493 e. The first-order valence-electron chi connectivity index (χ1n) is 7.71. The van der Waals surface area contributed by atoms with Gasteiger partial charge in [-0.15, -0.1) is 0 Å². The summed E-state index contributed by atoms with van der Waals surface area (Å²) < 4.78 is 7.94. The van der Waals surface area contributed by atoms with E-state index < -0.39 is 0 Å². The van der Waals surface area contributed by atoms with Crippen LogP contribution in [0.1, 0.15) is 30.7 Å². The molecule has 0 fully saturated rings. The molecule has 1 aromatic carbocycles. The second-order valence-corrected chi connectivity index (χ2v) is 5.61. The van der Waals surface area contributed by atoms with Gasteiger partial charge in [0.25, 0.3) is 0 Å². The lowest BCUT2D eigenvalue weighted by molar-refractivity contribution is 0.292. The quantitative estimate of drug-likeness (QED) is 0.886. The molecule has 1 aromatic heterocycles. The fourth-order valence-electron chi connectivity index (χ4n) is 3.15. The predicted octanol–water partition coefficient (Wildman–Crippen LogP) is 2.51. The van der Waals surface area contributed by atoms with Gasteiger partial charge in [0.1, 0.15) is 11.6 Å². The van der Waals surface area contributed by atoms with Crippen LogP contribution in [0.25, 0.3) is 0 Å². The highest BCUT2D eigenvalue weighted by molar-refractivity contribution is 5.40. The van der Waals surface area contributed by atoms with Crippen LogP contribution in [0.4, 0.5) is 0 Å². The minimum atomic E-state index is 0.426. The number of fused-ring (bicyclic) bond motifs is 1. The van der Waals surface area contributed by atoms with E-state index in [1.807, 2.05) is 18.5 Å². The van der Waals surface area contributed by atoms with E-state index in [0.717, 1.165) is 37.6 Å². The standard InChI is InChI=1S/C17H23N3O/c1-3-18-15(8-9-17-19-10-11-20(17)2)14-12-21-16-7-5-4-6-13(14)16/h4-7,10-11,14-15,18H,3,8-9,12H2,1-2H3. The molecule has 2 heterocycles. The number of imidazole rings is 1. The number of nitrogens with zero attached hydrogens (tertiary/aromatic N) is 2. The van der Waals surface area contributed by atoms with E-state index in [4.69, 9.17) is 4.74 Å². The molecule has 21 heavy (non-hydrogen) atoms. The zero-order valence-electron chi connectivity index (χ0n) is 12.7. The molecule has 4 heteroatoms. The van der Waals surface area contributed by atoms with Crippen LogP contribution in [0.15, 0.2) is 36.7 Å². The first kappa shape index (κ1) is 14.1. The number of para-hydroxylation sites is 1. The topological polar surface area (TPSA) is 39.1 Å². The maximum atomic E-state index is 5.84. The highest BCUT2D eigenvalue weighted by atomic mass is 16.5. The number of aromatic nitrogens is 2. The fraction of sp³-hybridized carbons (Fsp3) is 0.471. The molecule has 4 nitrogen and oxygen atoms in total. The molecule has 3 rings (SSSR count). The van der Waals surface area contributed by atoms with E-state index in [1.165, 1.54) is 5.56 Å². The smallest absolute Gasteiger partial charge is 0.122 e. The molecule has 2 aromatic rings. The Morgan fingerprint density at radius 2 is 2.29 bits per heavy atom. The first-order chi connectivity index (χ1) is 10.3. The summed E-state index contributed by atoms with van der Waals surface area (Å²) in [6.45, 7) is 3.91. The monoisotopic (exact) mass is 285 g/mol. The van der Waals surface area contributed by atoms with Crippen LogP contribution < -0.4 is 10.1 Å². The third-order valence-corrected chi connectivity index (χ3v) is 4.29. The molecule has 0 saturated heterocycles. The number of likely N-dealkylation sites (N-methyl/N-ethyl adjacent to an activating group) is 1. The minimum Gasteiger partial charge on any atom is -0.493 e. The number of nitrogens with one attached hydrogen (secondary N) is 1. The van der Waals surface area contributed by atoms with Gasteiger partial charge < -0.3 is 14.6 Å². The fourth-order valence-corrected chi connectivity index (χ4v) is 3.15. The van der Waals surface area contributed by atoms with E-state index in [2.05, 4.69) is 47.0 Å². The van der Waals surface area contributed by atoms with Crippen molar-refractivity contribution in [2.75, 3.05) is 13.2 Å². The molecule has 1 aliphatic heterocycles. The van der Waals surface area contributed by atoms with Crippen molar-refractivity contribution < 1.29 is 4.74 Å². The zero-order valence-corrected chi connectivity index (χ0v) is 12.7. The van der Waals surface area contributed by atoms with Crippen molar-refractivity contribution in [1.82, 2.24) is 14.9 Å². The lowest BCUT2D eigenvalue weighted by Gasteiger charge is -2.23. The summed E-state index contributed by atoms with van der Waals surface area (Å²) in [5.41, 5.74) is 1.34. The molecule has 2 atom stereocenters. The highest BCUT2D eigenvalue weighted by Crippen LogP contribution is 2.36. The van der Waals surface area contributed by atoms with E-state index >= 15 is 0 Å². The van der Waals surface area contributed by atoms with Gasteiger partial charge in [0.15, 0.2) is 0 Å². The van der Waals surface area contributed by atoms with Gasteiger partial charge in [-0.1, -0.05) is 25.1 Å². The van der Waals surface area contributed by atoms with E-state index in [0.29, 0.717) is 12.0 Å². The van der Waals surface area contributed by atoms with Crippen molar-refractivity contribution >= 4 is 0 Å². The van der Waals surface area contributed by atoms with Gasteiger partial charge >= 0.3 is 0 Å². The van der Waals surface area contributed by atoms with Gasteiger partial charge in [0, 0.05) is 43.4 Å². The Bertz CT molecular complexity index is 593. The van der Waals surface area contributed by atoms with Crippen LogP contribution in [0.2, 0.25) is 0 Å². The van der Waals surface area contributed by atoms with Crippen LogP contribution in [-0.4, -0.2) is 28.7 Å². The molecule has 1 N–H and O–H groups in total. The summed E-state index contributed by atoms with van der Waals surface area (Å²) in [5, 5.41) is 3.63. The maximum absolute atomic E-state index is 5.84. The summed E-state index contributed by atoms with van der Waals surface area (Å²) >= 11 is 0. The van der Waals surface area contributed by atoms with Crippen LogP contribution in [0.3, 0.4) is 0 Å². The molecule has 2 unspecified atom stereocenters. The third kappa shape index (κ3) is 2.95. The first-order valence-corrected chi connectivity index (χ1v) is 7.71. The van der Waals surface area contributed by atoms with Crippen LogP contribution in [0.5, 0.6) is 5.75 Å². The lowest BCUT2D eigenvalue weighted by Crippen LogP contribution is -2.36. The summed E-state index contributed by atoms with van der Waals surface area (Å²) in [4.78, 5) is 4.42. The molecule has 0 saturated carbocycles. The molecule has 0 radical (unpaired) electrons. The van der Waals surface area contributed by atoms with Gasteiger partial charge in [-0.25, -0.2) is 4.98 Å². The summed E-state index contributed by atoms with van der Waals surface area (Å²) in [7, 11) is 2.05. The van der Waals surface area contributed by atoms with Gasteiger partial charge in [-0.3, -0.25) is 0 Å².